The topological polar surface area (TPSA) is 224 Å². The van der Waals surface area contributed by atoms with Crippen LogP contribution in [0.1, 0.15) is 119 Å². The van der Waals surface area contributed by atoms with Crippen molar-refractivity contribution in [1.82, 2.24) is 15.1 Å². The Labute approximate surface area is 456 Å². The summed E-state index contributed by atoms with van der Waals surface area (Å²) in [7, 11) is 4.98. The Bertz CT molecular complexity index is 1750. The largest absolute Gasteiger partial charge is 0.679 e. The number of carboxylic acid groups (broad SMARTS) is 1. The first-order valence-corrected chi connectivity index (χ1v) is 32.1. The van der Waals surface area contributed by atoms with Crippen molar-refractivity contribution in [3.05, 3.63) is 52.7 Å². The Kier molecular flexibility index (Phi) is 36.0. The van der Waals surface area contributed by atoms with Gasteiger partial charge in [-0.25, -0.2) is 0 Å². The Hall–Kier alpha value is -2.55. The number of likely N-dealkylation sites (tertiary alicyclic amines) is 1. The first-order chi connectivity index (χ1) is 34.3. The van der Waals surface area contributed by atoms with Crippen molar-refractivity contribution in [3.8, 4) is 0 Å². The molecular formula is C53H87F3IN6O9Pt-4. The van der Waals surface area contributed by atoms with Crippen molar-refractivity contribution in [1.29, 1.82) is 0 Å². The van der Waals surface area contributed by atoms with Crippen LogP contribution in [-0.4, -0.2) is 136 Å². The number of carbonyl (C=O) groups is 6. The fraction of sp³-hybridized carbons (Fsp3) is 0.774. The second-order valence-electron chi connectivity index (χ2n) is 20.3. The van der Waals surface area contributed by atoms with Gasteiger partial charge in [-0.15, -0.1) is 13.1 Å². The SMILES string of the molecule is CC[C@H](C)[C@@H]([C@@H](CC(=O)N1CCC[C@H]1[C@H](OC)[C@@H](C)C(=O)C[C@@H](Cc1ccccc1)C(=O)NCC1CC[N-]CC1)OC)N(C)C(=O)[C@@H](CC(=O)C(C(C)C)C(C)C)C(C)C.O=C([O-])C(F)(F)F.[I][Pt].[NH-]CC[NH-]. The summed E-state index contributed by atoms with van der Waals surface area (Å²) in [6, 6.07) is 9.08. The van der Waals surface area contributed by atoms with Gasteiger partial charge in [-0.1, -0.05) is 112 Å². The van der Waals surface area contributed by atoms with Gasteiger partial charge in [-0.05, 0) is 54.4 Å². The van der Waals surface area contributed by atoms with E-state index in [1.54, 1.807) is 26.2 Å². The quantitative estimate of drug-likeness (QED) is 0.0872. The number of hydrogen-bond acceptors (Lipinski definition) is 9. The van der Waals surface area contributed by atoms with Crippen LogP contribution in [0.3, 0.4) is 0 Å². The Balaban J connectivity index is 0.00000354. The van der Waals surface area contributed by atoms with Crippen LogP contribution in [0, 0.1) is 53.3 Å². The van der Waals surface area contributed by atoms with Gasteiger partial charge in [-0.2, -0.15) is 26.3 Å². The number of piperidine rings is 1. The van der Waals surface area contributed by atoms with Crippen LogP contribution in [-0.2, 0) is 60.8 Å². The van der Waals surface area contributed by atoms with E-state index in [1.165, 1.54) is 0 Å². The zero-order valence-corrected chi connectivity index (χ0v) is 49.8. The van der Waals surface area contributed by atoms with Crippen LogP contribution in [0.25, 0.3) is 16.8 Å². The number of alkyl halides is 3. The molecule has 425 valence electrons. The summed E-state index contributed by atoms with van der Waals surface area (Å²) in [5.74, 6) is -4.25. The third kappa shape index (κ3) is 24.5. The maximum Gasteiger partial charge on any atom is -0.171 e. The standard InChI is InChI=1S/C49H81N4O7.C2HF3O2.C2H6N2.HI.Pt/c1-13-34(8)46(52(10)49(58)39(31(2)3)28-42(55)45(32(4)5)33(6)7)43(59-11)29-44(56)53-25-17-20-40(53)47(60-12)35(9)41(54)27-38(26-36-18-15-14-16-19-36)48(57)51-30-37-21-23-50-24-22-37;3-2(4,5)1(6)7;3-1-2-4;;/h14-16,18-19,31-35,37-40,43,45-47H,13,17,20-30H2,1-12H3,(H,51,57);(H,6,7);3-4H,1-2H2;1H;/q-1;;-2;;+1/p-2/t34-,35-,38+,39-,40-,43+,46-,47+;;;;/m0..../s1. The molecule has 0 unspecified atom stereocenters. The van der Waals surface area contributed by atoms with Gasteiger partial charge >= 0.3 is 41.7 Å². The molecule has 15 nitrogen and oxygen atoms in total. The molecule has 2 heterocycles. The minimum absolute atomic E-state index is 0.0113. The van der Waals surface area contributed by atoms with E-state index in [2.05, 4.69) is 87.7 Å². The van der Waals surface area contributed by atoms with E-state index in [1.807, 2.05) is 56.0 Å². The van der Waals surface area contributed by atoms with Gasteiger partial charge in [0.2, 0.25) is 17.7 Å². The summed E-state index contributed by atoms with van der Waals surface area (Å²) in [5.41, 5.74) is 13.5. The number of nitrogens with one attached hydrogen (secondary N) is 3. The number of carbonyl (C=O) groups excluding carboxylic acids is 6. The van der Waals surface area contributed by atoms with Crippen molar-refractivity contribution in [2.24, 2.45) is 53.3 Å². The number of amides is 3. The van der Waals surface area contributed by atoms with Crippen molar-refractivity contribution in [3.63, 3.8) is 0 Å². The van der Waals surface area contributed by atoms with Gasteiger partial charge < -0.3 is 51.3 Å². The Morgan fingerprint density at radius 3 is 1.86 bits per heavy atom. The molecule has 0 bridgehead atoms. The van der Waals surface area contributed by atoms with E-state index in [0.717, 1.165) is 44.3 Å². The molecule has 1 aromatic rings. The average molecular weight is 1330 g/mol. The predicted octanol–water partition coefficient (Wildman–Crippen LogP) is 9.06. The monoisotopic (exact) mass is 1330 g/mol. The van der Waals surface area contributed by atoms with Gasteiger partial charge in [0.05, 0.1) is 30.7 Å². The number of ether oxygens (including phenoxy) is 2. The van der Waals surface area contributed by atoms with Crippen LogP contribution in [0.2, 0.25) is 0 Å². The number of nitrogens with zero attached hydrogens (tertiary/aromatic N) is 3. The number of likely N-dealkylation sites (N-methyl/N-ethyl adjacent to an activating group) is 1. The molecule has 2 fully saturated rings. The predicted molar refractivity (Wildman–Crippen MR) is 283 cm³/mol. The van der Waals surface area contributed by atoms with Crippen LogP contribution in [0.4, 0.5) is 13.2 Å². The number of hydrogen-bond donors (Lipinski definition) is 1. The smallest absolute Gasteiger partial charge is 0.171 e. The maximum absolute atomic E-state index is 14.4. The van der Waals surface area contributed by atoms with Crippen LogP contribution in [0.15, 0.2) is 30.3 Å². The third-order valence-electron chi connectivity index (χ3n) is 14.2. The summed E-state index contributed by atoms with van der Waals surface area (Å²) in [4.78, 5) is 82.7. The van der Waals surface area contributed by atoms with Crippen LogP contribution < -0.4 is 10.4 Å². The number of rotatable bonds is 26. The summed E-state index contributed by atoms with van der Waals surface area (Å²) in [6.07, 6.45) is -1.43. The number of halogens is 4. The van der Waals surface area contributed by atoms with E-state index in [-0.39, 0.29) is 97.3 Å². The van der Waals surface area contributed by atoms with Crippen molar-refractivity contribution >= 4 is 54.6 Å². The molecule has 0 spiro atoms. The maximum atomic E-state index is 14.4. The Morgan fingerprint density at radius 2 is 1.41 bits per heavy atom. The molecule has 2 aliphatic rings. The molecule has 2 aliphatic heterocycles. The van der Waals surface area contributed by atoms with Crippen LogP contribution in [0.5, 0.6) is 0 Å². The molecule has 3 amide bonds. The summed E-state index contributed by atoms with van der Waals surface area (Å²) in [6.45, 7) is 21.5. The molecule has 3 N–H and O–H groups in total. The summed E-state index contributed by atoms with van der Waals surface area (Å²) < 4.78 is 43.7. The van der Waals surface area contributed by atoms with E-state index >= 15 is 0 Å². The molecule has 0 radical (unpaired) electrons. The van der Waals surface area contributed by atoms with E-state index in [9.17, 15) is 37.1 Å². The number of methoxy groups -OCH3 is 2. The number of carboxylic acids is 1. The molecule has 0 aromatic heterocycles. The van der Waals surface area contributed by atoms with Gasteiger partial charge in [0.15, 0.2) is 0 Å². The second-order valence-corrected chi connectivity index (χ2v) is 20.3. The van der Waals surface area contributed by atoms with E-state index < -0.39 is 48.1 Å². The zero-order valence-electron chi connectivity index (χ0n) is 45.3. The summed E-state index contributed by atoms with van der Waals surface area (Å²) >= 11 is 4.23. The first-order valence-electron chi connectivity index (χ1n) is 25.6. The fourth-order valence-corrected chi connectivity index (χ4v) is 10.1. The molecular weight excluding hydrogens is 1240 g/mol. The number of aliphatic carboxylic acids is 1. The van der Waals surface area contributed by atoms with Crippen LogP contribution >= 0.6 is 19.4 Å². The van der Waals surface area contributed by atoms with Gasteiger partial charge in [0.1, 0.15) is 17.5 Å². The fourth-order valence-electron chi connectivity index (χ4n) is 10.1. The van der Waals surface area contributed by atoms with Gasteiger partial charge in [0, 0.05) is 70.9 Å². The molecule has 0 aliphatic carbocycles. The first kappa shape index (κ1) is 70.4. The minimum Gasteiger partial charge on any atom is -0.679 e. The summed E-state index contributed by atoms with van der Waals surface area (Å²) in [5, 5.41) is 16.4. The van der Waals surface area contributed by atoms with E-state index in [0.29, 0.717) is 31.8 Å². The molecule has 20 heteroatoms. The zero-order chi connectivity index (χ0) is 56.2. The normalized spacial score (nSPS) is 17.9. The molecule has 73 heavy (non-hydrogen) atoms. The van der Waals surface area contributed by atoms with Gasteiger partial charge in [0.25, 0.3) is 0 Å². The second kappa shape index (κ2) is 37.3. The molecule has 2 saturated heterocycles. The third-order valence-corrected chi connectivity index (χ3v) is 14.2. The molecule has 3 rings (SSSR count). The molecule has 0 saturated carbocycles. The number of benzene rings is 1. The minimum atomic E-state index is -5.19. The van der Waals surface area contributed by atoms with E-state index in [4.69, 9.17) is 30.8 Å². The average Bonchev–Trinajstić information content (AvgIpc) is 3.85. The Morgan fingerprint density at radius 1 is 0.863 bits per heavy atom. The van der Waals surface area contributed by atoms with Crippen molar-refractivity contribution in [2.75, 3.05) is 60.5 Å². The molecule has 8 atom stereocenters. The number of ketones is 2. The van der Waals surface area contributed by atoms with Crippen molar-refractivity contribution in [2.45, 2.75) is 151 Å². The molecule has 1 aromatic carbocycles. The van der Waals surface area contributed by atoms with Crippen molar-refractivity contribution < 1.29 is 72.7 Å². The number of Topliss-reactive ketones (excluding diaryl/α,β-unsaturated/α-hetero) is 2. The van der Waals surface area contributed by atoms with Gasteiger partial charge in [-0.3, -0.25) is 24.0 Å².